The summed E-state index contributed by atoms with van der Waals surface area (Å²) in [7, 11) is 0. The van der Waals surface area contributed by atoms with Crippen molar-refractivity contribution in [3.63, 3.8) is 0 Å². The van der Waals surface area contributed by atoms with Crippen LogP contribution in [0.4, 0.5) is 0 Å². The summed E-state index contributed by atoms with van der Waals surface area (Å²) in [5, 5.41) is 11.6. The number of fused-ring (bicyclic) bond motifs is 1. The molecule has 2 N–H and O–H groups in total. The number of nitrogens with one attached hydrogen (secondary N) is 1. The van der Waals surface area contributed by atoms with E-state index in [1.54, 1.807) is 37.3 Å². The van der Waals surface area contributed by atoms with E-state index in [2.05, 4.69) is 5.32 Å². The number of β-lactam (4-membered cyclic amide) rings is 1. The first-order valence-electron chi connectivity index (χ1n) is 6.74. The maximum atomic E-state index is 12.2. The molecule has 2 aliphatic heterocycles. The summed E-state index contributed by atoms with van der Waals surface area (Å²) in [6.45, 7) is 1.70. The van der Waals surface area contributed by atoms with Gasteiger partial charge in [-0.05, 0) is 24.6 Å². The van der Waals surface area contributed by atoms with E-state index in [4.69, 9.17) is 0 Å². The molecule has 1 aromatic carbocycles. The lowest BCUT2D eigenvalue weighted by molar-refractivity contribution is -0.148. The maximum absolute atomic E-state index is 12.2. The van der Waals surface area contributed by atoms with Crippen molar-refractivity contribution in [2.24, 2.45) is 0 Å². The lowest BCUT2D eigenvalue weighted by Gasteiger charge is -2.49. The van der Waals surface area contributed by atoms with Crippen LogP contribution in [-0.4, -0.2) is 45.0 Å². The number of carbonyl (C=O) groups excluding carboxylic acids is 2. The average Bonchev–Trinajstić information content (AvgIpc) is 2.52. The summed E-state index contributed by atoms with van der Waals surface area (Å²) in [4.78, 5) is 36.9. The number of hydrogen-bond acceptors (Lipinski definition) is 4. The molecule has 22 heavy (non-hydrogen) atoms. The zero-order chi connectivity index (χ0) is 15.9. The predicted molar refractivity (Wildman–Crippen MR) is 81.1 cm³/mol. The van der Waals surface area contributed by atoms with Crippen LogP contribution in [0, 0.1) is 0 Å². The largest absolute Gasteiger partial charge is 0.477 e. The second-order valence-electron chi connectivity index (χ2n) is 5.16. The summed E-state index contributed by atoms with van der Waals surface area (Å²) in [5.74, 6) is -1.28. The highest BCUT2D eigenvalue weighted by atomic mass is 32.2. The van der Waals surface area contributed by atoms with E-state index >= 15 is 0 Å². The lowest BCUT2D eigenvalue weighted by Crippen LogP contribution is -2.70. The van der Waals surface area contributed by atoms with Gasteiger partial charge in [0.15, 0.2) is 0 Å². The number of benzene rings is 1. The van der Waals surface area contributed by atoms with Gasteiger partial charge in [0, 0.05) is 11.3 Å². The molecular formula is C15H14N2O4S. The molecule has 2 heterocycles. The van der Waals surface area contributed by atoms with Gasteiger partial charge in [-0.25, -0.2) is 4.79 Å². The molecule has 0 radical (unpaired) electrons. The summed E-state index contributed by atoms with van der Waals surface area (Å²) in [6.07, 6.45) is 0. The highest BCUT2D eigenvalue weighted by molar-refractivity contribution is 8.00. The Kier molecular flexibility index (Phi) is 3.66. The number of rotatable bonds is 3. The van der Waals surface area contributed by atoms with E-state index < -0.39 is 12.0 Å². The van der Waals surface area contributed by atoms with Crippen molar-refractivity contribution in [1.82, 2.24) is 10.2 Å². The van der Waals surface area contributed by atoms with E-state index in [1.165, 1.54) is 16.7 Å². The number of amides is 2. The molecule has 2 amide bonds. The number of carbonyl (C=O) groups is 3. The molecule has 1 fully saturated rings. The quantitative estimate of drug-likeness (QED) is 0.814. The van der Waals surface area contributed by atoms with Crippen LogP contribution >= 0.6 is 11.8 Å². The van der Waals surface area contributed by atoms with Crippen molar-refractivity contribution in [1.29, 1.82) is 0 Å². The van der Waals surface area contributed by atoms with Crippen LogP contribution in [0.3, 0.4) is 0 Å². The van der Waals surface area contributed by atoms with E-state index in [9.17, 15) is 19.5 Å². The predicted octanol–water partition coefficient (Wildman–Crippen LogP) is 1.06. The minimum absolute atomic E-state index is 0.0407. The molecule has 2 atom stereocenters. The Bertz CT molecular complexity index is 686. The smallest absolute Gasteiger partial charge is 0.352 e. The van der Waals surface area contributed by atoms with Crippen molar-refractivity contribution < 1.29 is 19.5 Å². The van der Waals surface area contributed by atoms with Crippen LogP contribution in [0.25, 0.3) is 0 Å². The summed E-state index contributed by atoms with van der Waals surface area (Å²) in [6, 6.07) is 7.94. The Balaban J connectivity index is 1.76. The molecule has 6 nitrogen and oxygen atoms in total. The molecule has 7 heteroatoms. The molecule has 1 unspecified atom stereocenters. The first-order valence-corrected chi connectivity index (χ1v) is 7.79. The van der Waals surface area contributed by atoms with Gasteiger partial charge < -0.3 is 10.4 Å². The minimum atomic E-state index is -1.11. The first kappa shape index (κ1) is 14.6. The molecule has 114 valence electrons. The molecule has 1 aromatic rings. The number of carboxylic acid groups (broad SMARTS) is 1. The second-order valence-corrected chi connectivity index (χ2v) is 6.27. The fourth-order valence-corrected chi connectivity index (χ4v) is 3.88. The number of nitrogens with zero attached hydrogens (tertiary/aromatic N) is 1. The van der Waals surface area contributed by atoms with E-state index in [0.717, 1.165) is 0 Å². The Hall–Kier alpha value is -2.28. The third-order valence-corrected chi connectivity index (χ3v) is 5.11. The van der Waals surface area contributed by atoms with Crippen molar-refractivity contribution >= 4 is 29.5 Å². The van der Waals surface area contributed by atoms with Gasteiger partial charge in [-0.1, -0.05) is 18.2 Å². The Labute approximate surface area is 131 Å². The van der Waals surface area contributed by atoms with Crippen molar-refractivity contribution in [3.8, 4) is 0 Å². The SMILES string of the molecule is CC1=C(C(=O)O)N2C(=O)C(NC(=O)c3ccccc3)[C@H]2SC1. The highest BCUT2D eigenvalue weighted by Crippen LogP contribution is 2.40. The minimum Gasteiger partial charge on any atom is -0.477 e. The third kappa shape index (κ3) is 2.27. The number of thioether (sulfide) groups is 1. The molecule has 0 bridgehead atoms. The van der Waals surface area contributed by atoms with Gasteiger partial charge in [-0.3, -0.25) is 14.5 Å². The topological polar surface area (TPSA) is 86.7 Å². The number of carboxylic acids is 1. The Morgan fingerprint density at radius 3 is 2.64 bits per heavy atom. The van der Waals surface area contributed by atoms with E-state index in [0.29, 0.717) is 16.9 Å². The van der Waals surface area contributed by atoms with Crippen molar-refractivity contribution in [2.75, 3.05) is 5.75 Å². The standard InChI is InChI=1S/C15H14N2O4S/c1-8-7-22-14-10(13(19)17(14)11(8)15(20)21)16-12(18)9-5-3-2-4-6-9/h2-6,10,14H,7H2,1H3,(H,16,18)(H,20,21)/t10?,14-/m1/s1. The van der Waals surface area contributed by atoms with Gasteiger partial charge in [-0.15, -0.1) is 11.8 Å². The Morgan fingerprint density at radius 1 is 1.32 bits per heavy atom. The van der Waals surface area contributed by atoms with Crippen molar-refractivity contribution in [2.45, 2.75) is 18.3 Å². The zero-order valence-corrected chi connectivity index (χ0v) is 12.6. The lowest BCUT2D eigenvalue weighted by atomic mass is 10.0. The normalized spacial score (nSPS) is 23.7. The van der Waals surface area contributed by atoms with E-state index in [1.807, 2.05) is 0 Å². The summed E-state index contributed by atoms with van der Waals surface area (Å²) in [5.41, 5.74) is 1.17. The summed E-state index contributed by atoms with van der Waals surface area (Å²) < 4.78 is 0. The highest BCUT2D eigenvalue weighted by Gasteiger charge is 2.53. The van der Waals surface area contributed by atoms with Crippen LogP contribution in [0.1, 0.15) is 17.3 Å². The van der Waals surface area contributed by atoms with Crippen LogP contribution < -0.4 is 5.32 Å². The van der Waals surface area contributed by atoms with E-state index in [-0.39, 0.29) is 22.9 Å². The fraction of sp³-hybridized carbons (Fsp3) is 0.267. The molecule has 1 saturated heterocycles. The van der Waals surface area contributed by atoms with Crippen LogP contribution in [0.15, 0.2) is 41.6 Å². The fourth-order valence-electron chi connectivity index (χ4n) is 2.59. The van der Waals surface area contributed by atoms with Gasteiger partial charge in [-0.2, -0.15) is 0 Å². The summed E-state index contributed by atoms with van der Waals surface area (Å²) >= 11 is 1.46. The molecule has 2 aliphatic rings. The Morgan fingerprint density at radius 2 is 2.00 bits per heavy atom. The molecule has 0 spiro atoms. The van der Waals surface area contributed by atoms with Gasteiger partial charge in [0.1, 0.15) is 17.1 Å². The third-order valence-electron chi connectivity index (χ3n) is 3.68. The monoisotopic (exact) mass is 318 g/mol. The maximum Gasteiger partial charge on any atom is 0.352 e. The number of aliphatic carboxylic acids is 1. The molecule has 0 saturated carbocycles. The zero-order valence-electron chi connectivity index (χ0n) is 11.8. The van der Waals surface area contributed by atoms with Gasteiger partial charge in [0.25, 0.3) is 11.8 Å². The van der Waals surface area contributed by atoms with Gasteiger partial charge in [0.2, 0.25) is 0 Å². The second kappa shape index (κ2) is 5.49. The van der Waals surface area contributed by atoms with Gasteiger partial charge in [0.05, 0.1) is 0 Å². The van der Waals surface area contributed by atoms with Crippen LogP contribution in [0.2, 0.25) is 0 Å². The average molecular weight is 318 g/mol. The molecule has 0 aliphatic carbocycles. The molecular weight excluding hydrogens is 304 g/mol. The number of hydrogen-bond donors (Lipinski definition) is 2. The van der Waals surface area contributed by atoms with Gasteiger partial charge >= 0.3 is 5.97 Å². The van der Waals surface area contributed by atoms with Crippen LogP contribution in [0.5, 0.6) is 0 Å². The first-order chi connectivity index (χ1) is 10.5. The molecule has 3 rings (SSSR count). The molecule has 0 aromatic heterocycles. The van der Waals surface area contributed by atoms with Crippen LogP contribution in [-0.2, 0) is 9.59 Å². The van der Waals surface area contributed by atoms with Crippen molar-refractivity contribution in [3.05, 3.63) is 47.2 Å².